The van der Waals surface area contributed by atoms with Crippen LogP contribution < -0.4 is 14.8 Å². The summed E-state index contributed by atoms with van der Waals surface area (Å²) in [5.74, 6) is 2.12. The van der Waals surface area contributed by atoms with Crippen LogP contribution in [0.4, 0.5) is 0 Å². The molecule has 0 atom stereocenters. The Morgan fingerprint density at radius 2 is 1.65 bits per heavy atom. The van der Waals surface area contributed by atoms with Crippen LogP contribution in [0.25, 0.3) is 0 Å². The minimum atomic E-state index is 0.479. The Morgan fingerprint density at radius 1 is 0.957 bits per heavy atom. The molecule has 0 unspecified atom stereocenters. The van der Waals surface area contributed by atoms with Gasteiger partial charge in [0.05, 0.1) is 13.7 Å². The van der Waals surface area contributed by atoms with Crippen molar-refractivity contribution in [2.75, 3.05) is 13.7 Å². The van der Waals surface area contributed by atoms with Gasteiger partial charge in [-0.25, -0.2) is 0 Å². The zero-order valence-corrected chi connectivity index (χ0v) is 14.6. The van der Waals surface area contributed by atoms with Crippen LogP contribution in [0.1, 0.15) is 30.5 Å². The van der Waals surface area contributed by atoms with E-state index < -0.39 is 0 Å². The molecule has 0 heterocycles. The van der Waals surface area contributed by atoms with Crippen LogP contribution in [0.3, 0.4) is 0 Å². The van der Waals surface area contributed by atoms with Crippen LogP contribution in [0.15, 0.2) is 42.5 Å². The van der Waals surface area contributed by atoms with Crippen molar-refractivity contribution >= 4 is 0 Å². The number of hydrogen-bond donors (Lipinski definition) is 1. The second-order valence-electron chi connectivity index (χ2n) is 6.18. The zero-order chi connectivity index (χ0) is 16.7. The van der Waals surface area contributed by atoms with Gasteiger partial charge in [0.2, 0.25) is 0 Å². The lowest BCUT2D eigenvalue weighted by Crippen LogP contribution is -2.15. The second kappa shape index (κ2) is 8.59. The van der Waals surface area contributed by atoms with Crippen LogP contribution in [0, 0.1) is 12.8 Å². The first-order chi connectivity index (χ1) is 11.1. The molecule has 0 aliphatic heterocycles. The molecule has 0 saturated heterocycles. The Labute approximate surface area is 139 Å². The molecule has 0 spiro atoms. The van der Waals surface area contributed by atoms with Crippen molar-refractivity contribution in [3.8, 4) is 11.5 Å². The molecule has 1 N–H and O–H groups in total. The smallest absolute Gasteiger partial charge is 0.165 e. The fourth-order valence-electron chi connectivity index (χ4n) is 2.42. The number of rotatable bonds is 8. The van der Waals surface area contributed by atoms with Gasteiger partial charge < -0.3 is 14.8 Å². The van der Waals surface area contributed by atoms with E-state index in [4.69, 9.17) is 9.47 Å². The molecule has 0 fully saturated rings. The van der Waals surface area contributed by atoms with Gasteiger partial charge in [0, 0.05) is 18.7 Å². The Kier molecular flexibility index (Phi) is 6.48. The lowest BCUT2D eigenvalue weighted by molar-refractivity contribution is 0.254. The summed E-state index contributed by atoms with van der Waals surface area (Å²) in [5.41, 5.74) is 3.75. The van der Waals surface area contributed by atoms with E-state index in [1.54, 1.807) is 7.11 Å². The van der Waals surface area contributed by atoms with E-state index in [0.717, 1.165) is 30.2 Å². The quantitative estimate of drug-likeness (QED) is 0.787. The summed E-state index contributed by atoms with van der Waals surface area (Å²) in [4.78, 5) is 0. The maximum absolute atomic E-state index is 5.98. The molecular weight excluding hydrogens is 286 g/mol. The van der Waals surface area contributed by atoms with Crippen molar-refractivity contribution in [1.29, 1.82) is 0 Å². The van der Waals surface area contributed by atoms with Crippen LogP contribution in [-0.2, 0) is 13.1 Å². The Hall–Kier alpha value is -2.00. The molecule has 124 valence electrons. The van der Waals surface area contributed by atoms with Crippen LogP contribution >= 0.6 is 0 Å². The molecule has 2 aromatic carbocycles. The van der Waals surface area contributed by atoms with E-state index in [2.05, 4.69) is 56.4 Å². The second-order valence-corrected chi connectivity index (χ2v) is 6.18. The van der Waals surface area contributed by atoms with Gasteiger partial charge in [-0.2, -0.15) is 0 Å². The first-order valence-electron chi connectivity index (χ1n) is 8.15. The van der Waals surface area contributed by atoms with Crippen molar-refractivity contribution in [2.45, 2.75) is 33.9 Å². The van der Waals surface area contributed by atoms with Crippen molar-refractivity contribution in [3.05, 3.63) is 59.2 Å². The molecule has 0 aliphatic rings. The number of hydrogen-bond acceptors (Lipinski definition) is 3. The van der Waals surface area contributed by atoms with Gasteiger partial charge in [-0.05, 0) is 30.0 Å². The van der Waals surface area contributed by atoms with Crippen molar-refractivity contribution < 1.29 is 9.47 Å². The first kappa shape index (κ1) is 17.4. The molecular formula is C20H27NO2. The van der Waals surface area contributed by atoms with Crippen LogP contribution in [0.2, 0.25) is 0 Å². The summed E-state index contributed by atoms with van der Waals surface area (Å²) >= 11 is 0. The lowest BCUT2D eigenvalue weighted by atomic mass is 10.1. The average Bonchev–Trinajstić information content (AvgIpc) is 2.55. The van der Waals surface area contributed by atoms with E-state index in [1.165, 1.54) is 11.1 Å². The Bertz CT molecular complexity index is 623. The summed E-state index contributed by atoms with van der Waals surface area (Å²) in [6.07, 6.45) is 0. The first-order valence-corrected chi connectivity index (χ1v) is 8.15. The van der Waals surface area contributed by atoms with E-state index >= 15 is 0 Å². The number of benzene rings is 2. The molecule has 2 rings (SSSR count). The molecule has 0 radical (unpaired) electrons. The van der Waals surface area contributed by atoms with E-state index in [-0.39, 0.29) is 0 Å². The van der Waals surface area contributed by atoms with Crippen molar-refractivity contribution in [2.24, 2.45) is 5.92 Å². The standard InChI is InChI=1S/C20H27NO2/c1-15(2)14-23-20-18(10-7-11-19(20)22-4)13-21-12-17-9-6-5-8-16(17)3/h5-11,15,21H,12-14H2,1-4H3. The highest BCUT2D eigenvalue weighted by atomic mass is 16.5. The molecule has 2 aromatic rings. The maximum atomic E-state index is 5.98. The number of para-hydroxylation sites is 1. The topological polar surface area (TPSA) is 30.5 Å². The maximum Gasteiger partial charge on any atom is 0.165 e. The zero-order valence-electron chi connectivity index (χ0n) is 14.6. The SMILES string of the molecule is COc1cccc(CNCc2ccccc2C)c1OCC(C)C. The molecule has 3 nitrogen and oxygen atoms in total. The number of methoxy groups -OCH3 is 1. The molecule has 3 heteroatoms. The van der Waals surface area contributed by atoms with Crippen molar-refractivity contribution in [3.63, 3.8) is 0 Å². The summed E-state index contributed by atoms with van der Waals surface area (Å²) in [5, 5.41) is 3.50. The van der Waals surface area contributed by atoms with E-state index in [1.807, 2.05) is 12.1 Å². The van der Waals surface area contributed by atoms with Gasteiger partial charge >= 0.3 is 0 Å². The molecule has 0 bridgehead atoms. The average molecular weight is 313 g/mol. The molecule has 0 aliphatic carbocycles. The van der Waals surface area contributed by atoms with Gasteiger partial charge in [-0.1, -0.05) is 50.2 Å². The number of nitrogens with one attached hydrogen (secondary N) is 1. The highest BCUT2D eigenvalue weighted by molar-refractivity contribution is 5.46. The summed E-state index contributed by atoms with van der Waals surface area (Å²) in [7, 11) is 1.68. The fourth-order valence-corrected chi connectivity index (χ4v) is 2.42. The molecule has 0 aromatic heterocycles. The summed E-state index contributed by atoms with van der Waals surface area (Å²) < 4.78 is 11.4. The summed E-state index contributed by atoms with van der Waals surface area (Å²) in [6.45, 7) is 8.70. The van der Waals surface area contributed by atoms with Gasteiger partial charge in [-0.3, -0.25) is 0 Å². The highest BCUT2D eigenvalue weighted by Crippen LogP contribution is 2.31. The third kappa shape index (κ3) is 5.00. The minimum Gasteiger partial charge on any atom is -0.493 e. The third-order valence-corrected chi connectivity index (χ3v) is 3.73. The highest BCUT2D eigenvalue weighted by Gasteiger charge is 2.11. The fraction of sp³-hybridized carbons (Fsp3) is 0.400. The number of aryl methyl sites for hydroxylation is 1. The van der Waals surface area contributed by atoms with Gasteiger partial charge in [0.25, 0.3) is 0 Å². The third-order valence-electron chi connectivity index (χ3n) is 3.73. The summed E-state index contributed by atoms with van der Waals surface area (Å²) in [6, 6.07) is 14.5. The van der Waals surface area contributed by atoms with Crippen molar-refractivity contribution in [1.82, 2.24) is 5.32 Å². The molecule has 23 heavy (non-hydrogen) atoms. The largest absolute Gasteiger partial charge is 0.493 e. The monoisotopic (exact) mass is 313 g/mol. The normalized spacial score (nSPS) is 10.8. The van der Waals surface area contributed by atoms with Crippen LogP contribution in [0.5, 0.6) is 11.5 Å². The Morgan fingerprint density at radius 3 is 2.35 bits per heavy atom. The lowest BCUT2D eigenvalue weighted by Gasteiger charge is -2.17. The van der Waals surface area contributed by atoms with Gasteiger partial charge in [0.1, 0.15) is 0 Å². The van der Waals surface area contributed by atoms with Gasteiger partial charge in [0.15, 0.2) is 11.5 Å². The van der Waals surface area contributed by atoms with Gasteiger partial charge in [-0.15, -0.1) is 0 Å². The molecule has 0 saturated carbocycles. The Balaban J connectivity index is 2.05. The van der Waals surface area contributed by atoms with Crippen LogP contribution in [-0.4, -0.2) is 13.7 Å². The molecule has 0 amide bonds. The number of ether oxygens (including phenoxy) is 2. The van der Waals surface area contributed by atoms with E-state index in [9.17, 15) is 0 Å². The predicted octanol–water partition coefficient (Wildman–Crippen LogP) is 4.33. The minimum absolute atomic E-state index is 0.479. The van der Waals surface area contributed by atoms with E-state index in [0.29, 0.717) is 12.5 Å². The predicted molar refractivity (Wildman–Crippen MR) is 95.0 cm³/mol.